The van der Waals surface area contributed by atoms with Crippen LogP contribution in [0.1, 0.15) is 51.4 Å². The number of rotatable bonds is 10. The average molecular weight is 267 g/mol. The number of unbranched alkanes of at least 4 members (excludes halogenated alkanes) is 3. The van der Waals surface area contributed by atoms with Crippen molar-refractivity contribution in [3.8, 4) is 0 Å². The highest BCUT2D eigenvalue weighted by Crippen LogP contribution is 2.14. The Morgan fingerprint density at radius 1 is 1.21 bits per heavy atom. The van der Waals surface area contributed by atoms with Crippen LogP contribution in [-0.4, -0.2) is 26.0 Å². The molecule has 1 saturated heterocycles. The molecule has 1 heterocycles. The third-order valence-electron chi connectivity index (χ3n) is 3.08. The van der Waals surface area contributed by atoms with E-state index in [1.165, 1.54) is 25.7 Å². The summed E-state index contributed by atoms with van der Waals surface area (Å²) in [6.45, 7) is 2.22. The first kappa shape index (κ1) is 16.0. The average Bonchev–Trinajstić information content (AvgIpc) is 2.46. The minimum atomic E-state index is 0.0503. The molecule has 0 radical (unpaired) electrons. The number of hydrogen-bond acceptors (Lipinski definition) is 3. The van der Waals surface area contributed by atoms with Gasteiger partial charge in [-0.25, -0.2) is 0 Å². The maximum atomic E-state index is 8.10. The Kier molecular flexibility index (Phi) is 10.1. The lowest BCUT2D eigenvalue weighted by Crippen LogP contribution is -2.22. The first-order valence-corrected chi connectivity index (χ1v) is 7.32. The van der Waals surface area contributed by atoms with E-state index in [0.29, 0.717) is 6.54 Å². The third kappa shape index (κ3) is 9.54. The first-order valence-electron chi connectivity index (χ1n) is 7.32. The minimum Gasteiger partial charge on any atom is -0.353 e. The van der Waals surface area contributed by atoms with Crippen molar-refractivity contribution in [2.24, 2.45) is 5.11 Å². The van der Waals surface area contributed by atoms with Gasteiger partial charge in [-0.15, -0.1) is 0 Å². The summed E-state index contributed by atoms with van der Waals surface area (Å²) in [5, 5.41) is 3.48. The summed E-state index contributed by atoms with van der Waals surface area (Å²) in [6.07, 6.45) is 13.2. The predicted molar refractivity (Wildman–Crippen MR) is 75.8 cm³/mol. The van der Waals surface area contributed by atoms with Gasteiger partial charge in [0.1, 0.15) is 0 Å². The maximum absolute atomic E-state index is 8.10. The lowest BCUT2D eigenvalue weighted by molar-refractivity contribution is -0.162. The Balaban J connectivity index is 1.81. The molecule has 0 amide bonds. The molecule has 108 valence electrons. The van der Waals surface area contributed by atoms with Gasteiger partial charge in [-0.3, -0.25) is 0 Å². The molecule has 5 nitrogen and oxygen atoms in total. The van der Waals surface area contributed by atoms with E-state index in [1.807, 2.05) is 0 Å². The highest BCUT2D eigenvalue weighted by Gasteiger charge is 2.12. The molecule has 1 fully saturated rings. The lowest BCUT2D eigenvalue weighted by Gasteiger charge is -2.22. The second kappa shape index (κ2) is 12.0. The van der Waals surface area contributed by atoms with Gasteiger partial charge in [-0.1, -0.05) is 23.7 Å². The van der Waals surface area contributed by atoms with Crippen molar-refractivity contribution in [1.82, 2.24) is 0 Å². The number of azide groups is 1. The van der Waals surface area contributed by atoms with Gasteiger partial charge in [0.25, 0.3) is 0 Å². The topological polar surface area (TPSA) is 67.2 Å². The molecule has 1 unspecified atom stereocenters. The van der Waals surface area contributed by atoms with E-state index in [4.69, 9.17) is 15.0 Å². The molecule has 0 aromatic rings. The Morgan fingerprint density at radius 3 is 2.89 bits per heavy atom. The van der Waals surface area contributed by atoms with Crippen LogP contribution in [0.4, 0.5) is 0 Å². The van der Waals surface area contributed by atoms with Gasteiger partial charge in [0.2, 0.25) is 0 Å². The third-order valence-corrected chi connectivity index (χ3v) is 3.08. The van der Waals surface area contributed by atoms with E-state index in [9.17, 15) is 0 Å². The van der Waals surface area contributed by atoms with Gasteiger partial charge >= 0.3 is 0 Å². The smallest absolute Gasteiger partial charge is 0.157 e. The SMILES string of the molecule is [N-]=[N+]=NCC/C=C\CCCCCOC1CCCCO1. The van der Waals surface area contributed by atoms with Crippen molar-refractivity contribution in [2.75, 3.05) is 19.8 Å². The van der Waals surface area contributed by atoms with E-state index in [0.717, 1.165) is 38.9 Å². The summed E-state index contributed by atoms with van der Waals surface area (Å²) in [5.74, 6) is 0. The highest BCUT2D eigenvalue weighted by atomic mass is 16.7. The lowest BCUT2D eigenvalue weighted by atomic mass is 10.2. The highest BCUT2D eigenvalue weighted by molar-refractivity contribution is 4.82. The Labute approximate surface area is 115 Å². The minimum absolute atomic E-state index is 0.0503. The summed E-state index contributed by atoms with van der Waals surface area (Å²) < 4.78 is 11.2. The quantitative estimate of drug-likeness (QED) is 0.194. The van der Waals surface area contributed by atoms with Gasteiger partial charge in [-0.2, -0.15) is 0 Å². The zero-order valence-electron chi connectivity index (χ0n) is 11.7. The zero-order valence-corrected chi connectivity index (χ0v) is 11.7. The summed E-state index contributed by atoms with van der Waals surface area (Å²) in [7, 11) is 0. The summed E-state index contributed by atoms with van der Waals surface area (Å²) in [5.41, 5.74) is 8.10. The molecule has 1 aliphatic heterocycles. The molecule has 0 aromatic carbocycles. The largest absolute Gasteiger partial charge is 0.353 e. The van der Waals surface area contributed by atoms with Crippen molar-refractivity contribution < 1.29 is 9.47 Å². The zero-order chi connectivity index (χ0) is 13.6. The number of ether oxygens (including phenoxy) is 2. The molecule has 1 rings (SSSR count). The second-order valence-electron chi connectivity index (χ2n) is 4.73. The van der Waals surface area contributed by atoms with Gasteiger partial charge in [0.05, 0.1) is 0 Å². The van der Waals surface area contributed by atoms with Crippen LogP contribution in [0.2, 0.25) is 0 Å². The summed E-state index contributed by atoms with van der Waals surface area (Å²) in [6, 6.07) is 0. The van der Waals surface area contributed by atoms with E-state index in [2.05, 4.69) is 22.2 Å². The molecule has 1 atom stereocenters. The molecule has 5 heteroatoms. The fourth-order valence-electron chi connectivity index (χ4n) is 2.01. The van der Waals surface area contributed by atoms with Crippen LogP contribution < -0.4 is 0 Å². The standard InChI is InChI=1S/C14H25N3O2/c15-17-16-11-7-4-2-1-3-5-8-12-18-14-10-6-9-13-19-14/h2,4,14H,1,3,5-13H2/b4-2-. The van der Waals surface area contributed by atoms with E-state index >= 15 is 0 Å². The van der Waals surface area contributed by atoms with Gasteiger partial charge in [0.15, 0.2) is 6.29 Å². The first-order chi connectivity index (χ1) is 9.43. The fraction of sp³-hybridized carbons (Fsp3) is 0.857. The monoisotopic (exact) mass is 267 g/mol. The number of allylic oxidation sites excluding steroid dienone is 1. The molecule has 0 spiro atoms. The summed E-state index contributed by atoms with van der Waals surface area (Å²) in [4.78, 5) is 2.71. The molecule has 0 aromatic heterocycles. The molecule has 0 aliphatic carbocycles. The molecular formula is C14H25N3O2. The van der Waals surface area contributed by atoms with Crippen molar-refractivity contribution in [3.63, 3.8) is 0 Å². The van der Waals surface area contributed by atoms with Crippen molar-refractivity contribution in [1.29, 1.82) is 0 Å². The normalized spacial score (nSPS) is 19.5. The van der Waals surface area contributed by atoms with Crippen LogP contribution in [0.3, 0.4) is 0 Å². The predicted octanol–water partition coefficient (Wildman–Crippen LogP) is 4.35. The van der Waals surface area contributed by atoms with Crippen LogP contribution in [0.25, 0.3) is 10.4 Å². The molecule has 0 bridgehead atoms. The number of nitrogens with zero attached hydrogens (tertiary/aromatic N) is 3. The van der Waals surface area contributed by atoms with Crippen LogP contribution in [-0.2, 0) is 9.47 Å². The van der Waals surface area contributed by atoms with Crippen molar-refractivity contribution in [2.45, 2.75) is 57.7 Å². The van der Waals surface area contributed by atoms with Crippen LogP contribution in [0, 0.1) is 0 Å². The Hall–Kier alpha value is -1.03. The van der Waals surface area contributed by atoms with Crippen LogP contribution in [0.15, 0.2) is 17.3 Å². The van der Waals surface area contributed by atoms with Crippen molar-refractivity contribution >= 4 is 0 Å². The van der Waals surface area contributed by atoms with Gasteiger partial charge in [-0.05, 0) is 50.5 Å². The van der Waals surface area contributed by atoms with Crippen LogP contribution in [0.5, 0.6) is 0 Å². The van der Waals surface area contributed by atoms with Crippen molar-refractivity contribution in [3.05, 3.63) is 22.6 Å². The Bertz CT molecular complexity index is 282. The maximum Gasteiger partial charge on any atom is 0.157 e. The summed E-state index contributed by atoms with van der Waals surface area (Å²) >= 11 is 0. The molecular weight excluding hydrogens is 242 g/mol. The van der Waals surface area contributed by atoms with Gasteiger partial charge in [0, 0.05) is 24.7 Å². The fourth-order valence-corrected chi connectivity index (χ4v) is 2.01. The molecule has 0 N–H and O–H groups in total. The van der Waals surface area contributed by atoms with E-state index < -0.39 is 0 Å². The van der Waals surface area contributed by atoms with E-state index in [1.54, 1.807) is 0 Å². The molecule has 1 aliphatic rings. The Morgan fingerprint density at radius 2 is 2.11 bits per heavy atom. The number of hydrogen-bond donors (Lipinski definition) is 0. The van der Waals surface area contributed by atoms with Gasteiger partial charge < -0.3 is 9.47 Å². The van der Waals surface area contributed by atoms with E-state index in [-0.39, 0.29) is 6.29 Å². The molecule has 0 saturated carbocycles. The van der Waals surface area contributed by atoms with Crippen LogP contribution >= 0.6 is 0 Å². The molecule has 19 heavy (non-hydrogen) atoms. The second-order valence-corrected chi connectivity index (χ2v) is 4.73.